The highest BCUT2D eigenvalue weighted by molar-refractivity contribution is 8.19. The molecule has 3 rings (SSSR count). The van der Waals surface area contributed by atoms with Gasteiger partial charge in [0, 0.05) is 29.7 Å². The van der Waals surface area contributed by atoms with Crippen molar-refractivity contribution in [3.8, 4) is 5.75 Å². The van der Waals surface area contributed by atoms with E-state index < -0.39 is 9.85 Å². The van der Waals surface area contributed by atoms with E-state index in [0.29, 0.717) is 5.56 Å². The number of hydrogen-bond acceptors (Lipinski definition) is 7. The quantitative estimate of drug-likeness (QED) is 0.537. The van der Waals surface area contributed by atoms with Gasteiger partial charge in [-0.2, -0.15) is 0 Å². The van der Waals surface area contributed by atoms with Gasteiger partial charge < -0.3 is 4.74 Å². The van der Waals surface area contributed by atoms with Crippen molar-refractivity contribution >= 4 is 34.9 Å². The predicted octanol–water partition coefficient (Wildman–Crippen LogP) is 4.56. The SMILES string of the molecule is O=[N+]([O-])c1ccc(COc2ccc(C3SCCS3)cc2[N+](=O)[O-])cc1. The van der Waals surface area contributed by atoms with Gasteiger partial charge in [-0.3, -0.25) is 20.2 Å². The minimum atomic E-state index is -0.479. The molecule has 9 heteroatoms. The van der Waals surface area contributed by atoms with Gasteiger partial charge >= 0.3 is 5.69 Å². The monoisotopic (exact) mass is 378 g/mol. The van der Waals surface area contributed by atoms with E-state index in [2.05, 4.69) is 0 Å². The molecular formula is C16H14N2O5S2. The van der Waals surface area contributed by atoms with Crippen molar-refractivity contribution in [2.75, 3.05) is 11.5 Å². The molecule has 1 aliphatic heterocycles. The van der Waals surface area contributed by atoms with E-state index in [9.17, 15) is 20.2 Å². The number of nitrogens with zero attached hydrogens (tertiary/aromatic N) is 2. The molecule has 2 aromatic carbocycles. The van der Waals surface area contributed by atoms with Crippen LogP contribution in [0.2, 0.25) is 0 Å². The molecule has 1 saturated heterocycles. The number of nitro groups is 2. The second-order valence-corrected chi connectivity index (χ2v) is 7.99. The zero-order chi connectivity index (χ0) is 17.8. The average Bonchev–Trinajstić information content (AvgIpc) is 3.14. The van der Waals surface area contributed by atoms with Gasteiger partial charge in [-0.25, -0.2) is 0 Å². The first-order valence-electron chi connectivity index (χ1n) is 7.42. The summed E-state index contributed by atoms with van der Waals surface area (Å²) >= 11 is 3.56. The summed E-state index contributed by atoms with van der Waals surface area (Å²) in [7, 11) is 0. The van der Waals surface area contributed by atoms with Crippen LogP contribution in [-0.2, 0) is 6.61 Å². The highest BCUT2D eigenvalue weighted by Gasteiger charge is 2.23. The first-order chi connectivity index (χ1) is 12.0. The van der Waals surface area contributed by atoms with Gasteiger partial charge in [-0.05, 0) is 29.3 Å². The molecule has 0 bridgehead atoms. The Morgan fingerprint density at radius 1 is 1.00 bits per heavy atom. The van der Waals surface area contributed by atoms with Crippen LogP contribution in [0.25, 0.3) is 0 Å². The van der Waals surface area contributed by atoms with Crippen molar-refractivity contribution in [3.63, 3.8) is 0 Å². The standard InChI is InChI=1S/C16H14N2O5S2/c19-17(20)13-4-1-11(2-5-13)10-23-15-6-3-12(9-14(15)18(21)22)16-24-7-8-25-16/h1-6,9,16H,7-8,10H2. The Kier molecular flexibility index (Phi) is 5.44. The maximum absolute atomic E-state index is 11.4. The summed E-state index contributed by atoms with van der Waals surface area (Å²) in [5.41, 5.74) is 1.55. The summed E-state index contributed by atoms with van der Waals surface area (Å²) in [5.74, 6) is 2.28. The fraction of sp³-hybridized carbons (Fsp3) is 0.250. The Hall–Kier alpha value is -2.26. The highest BCUT2D eigenvalue weighted by atomic mass is 32.2. The van der Waals surface area contributed by atoms with Crippen LogP contribution >= 0.6 is 23.5 Å². The average molecular weight is 378 g/mol. The van der Waals surface area contributed by atoms with Crippen molar-refractivity contribution in [3.05, 3.63) is 73.8 Å². The van der Waals surface area contributed by atoms with Crippen LogP contribution in [0.1, 0.15) is 15.7 Å². The predicted molar refractivity (Wildman–Crippen MR) is 98.2 cm³/mol. The summed E-state index contributed by atoms with van der Waals surface area (Å²) in [6, 6.07) is 11.0. The molecule has 0 spiro atoms. The number of benzene rings is 2. The first kappa shape index (κ1) is 17.6. The maximum Gasteiger partial charge on any atom is 0.311 e. The zero-order valence-corrected chi connectivity index (χ0v) is 14.6. The summed E-state index contributed by atoms with van der Waals surface area (Å²) in [4.78, 5) is 21.1. The minimum absolute atomic E-state index is 0.00866. The first-order valence-corrected chi connectivity index (χ1v) is 9.52. The molecule has 7 nitrogen and oxygen atoms in total. The molecule has 25 heavy (non-hydrogen) atoms. The number of hydrogen-bond donors (Lipinski definition) is 0. The smallest absolute Gasteiger partial charge is 0.311 e. The second kappa shape index (κ2) is 7.75. The van der Waals surface area contributed by atoms with Gasteiger partial charge in [0.05, 0.1) is 14.4 Å². The van der Waals surface area contributed by atoms with Gasteiger partial charge in [-0.15, -0.1) is 23.5 Å². The topological polar surface area (TPSA) is 95.5 Å². The molecule has 0 radical (unpaired) electrons. The van der Waals surface area contributed by atoms with Crippen molar-refractivity contribution < 1.29 is 14.6 Å². The van der Waals surface area contributed by atoms with E-state index >= 15 is 0 Å². The summed E-state index contributed by atoms with van der Waals surface area (Å²) in [6.07, 6.45) is 0. The molecule has 0 atom stereocenters. The number of nitro benzene ring substituents is 2. The van der Waals surface area contributed by atoms with Gasteiger partial charge in [0.25, 0.3) is 5.69 Å². The summed E-state index contributed by atoms with van der Waals surface area (Å²) in [5, 5.41) is 22.0. The van der Waals surface area contributed by atoms with E-state index in [4.69, 9.17) is 4.74 Å². The molecule has 0 saturated carbocycles. The Morgan fingerprint density at radius 3 is 2.28 bits per heavy atom. The van der Waals surface area contributed by atoms with E-state index in [0.717, 1.165) is 17.1 Å². The van der Waals surface area contributed by atoms with Gasteiger partial charge in [0.1, 0.15) is 6.61 Å². The highest BCUT2D eigenvalue weighted by Crippen LogP contribution is 2.46. The number of rotatable bonds is 6. The lowest BCUT2D eigenvalue weighted by Crippen LogP contribution is -2.00. The number of ether oxygens (including phenoxy) is 1. The number of non-ortho nitro benzene ring substituents is 1. The van der Waals surface area contributed by atoms with Crippen LogP contribution in [0.3, 0.4) is 0 Å². The van der Waals surface area contributed by atoms with Crippen molar-refractivity contribution in [2.45, 2.75) is 11.2 Å². The third-order valence-electron chi connectivity index (χ3n) is 3.62. The van der Waals surface area contributed by atoms with Crippen LogP contribution in [0.4, 0.5) is 11.4 Å². The third-order valence-corrected chi connectivity index (χ3v) is 6.72. The Bertz CT molecular complexity index is 792. The molecule has 0 N–H and O–H groups in total. The molecule has 130 valence electrons. The number of thioether (sulfide) groups is 2. The van der Waals surface area contributed by atoms with Crippen molar-refractivity contribution in [1.82, 2.24) is 0 Å². The van der Waals surface area contributed by atoms with E-state index in [-0.39, 0.29) is 28.3 Å². The van der Waals surface area contributed by atoms with Crippen molar-refractivity contribution in [2.24, 2.45) is 0 Å². The maximum atomic E-state index is 11.4. The summed E-state index contributed by atoms with van der Waals surface area (Å²) < 4.78 is 5.80. The van der Waals surface area contributed by atoms with Crippen LogP contribution < -0.4 is 4.74 Å². The molecule has 0 aliphatic carbocycles. The van der Waals surface area contributed by atoms with Gasteiger partial charge in [0.2, 0.25) is 0 Å². The second-order valence-electron chi connectivity index (χ2n) is 5.27. The van der Waals surface area contributed by atoms with Crippen LogP contribution in [0, 0.1) is 20.2 Å². The zero-order valence-electron chi connectivity index (χ0n) is 13.0. The lowest BCUT2D eigenvalue weighted by atomic mass is 10.2. The lowest BCUT2D eigenvalue weighted by Gasteiger charge is -2.11. The van der Waals surface area contributed by atoms with Crippen LogP contribution in [-0.4, -0.2) is 21.4 Å². The van der Waals surface area contributed by atoms with E-state index in [1.807, 2.05) is 6.07 Å². The molecule has 0 amide bonds. The Balaban J connectivity index is 1.74. The van der Waals surface area contributed by atoms with Gasteiger partial charge in [-0.1, -0.05) is 6.07 Å². The lowest BCUT2D eigenvalue weighted by molar-refractivity contribution is -0.386. The van der Waals surface area contributed by atoms with E-state index in [1.165, 1.54) is 12.1 Å². The molecular weight excluding hydrogens is 364 g/mol. The molecule has 2 aromatic rings. The molecule has 0 aromatic heterocycles. The van der Waals surface area contributed by atoms with E-state index in [1.54, 1.807) is 47.8 Å². The Labute approximate surface area is 152 Å². The fourth-order valence-corrected chi connectivity index (χ4v) is 5.21. The van der Waals surface area contributed by atoms with Crippen molar-refractivity contribution in [1.29, 1.82) is 0 Å². The summed E-state index contributed by atoms with van der Waals surface area (Å²) in [6.45, 7) is 0.102. The third kappa shape index (κ3) is 4.23. The van der Waals surface area contributed by atoms with Crippen LogP contribution in [0.15, 0.2) is 42.5 Å². The van der Waals surface area contributed by atoms with Gasteiger partial charge in [0.15, 0.2) is 5.75 Å². The molecule has 1 fully saturated rings. The largest absolute Gasteiger partial charge is 0.482 e. The molecule has 0 unspecified atom stereocenters. The molecule has 1 aliphatic rings. The molecule has 1 heterocycles. The normalized spacial score (nSPS) is 14.4. The Morgan fingerprint density at radius 2 is 1.68 bits per heavy atom. The minimum Gasteiger partial charge on any atom is -0.482 e. The fourth-order valence-electron chi connectivity index (χ4n) is 2.37. The van der Waals surface area contributed by atoms with Crippen LogP contribution in [0.5, 0.6) is 5.75 Å².